The fourth-order valence-corrected chi connectivity index (χ4v) is 4.15. The number of ether oxygens (including phenoxy) is 2. The summed E-state index contributed by atoms with van der Waals surface area (Å²) in [6.07, 6.45) is 5.01. The van der Waals surface area contributed by atoms with Gasteiger partial charge < -0.3 is 19.5 Å². The molecule has 4 rings (SSSR count). The molecular formula is C29H30N2O5. The van der Waals surface area contributed by atoms with Gasteiger partial charge in [0, 0.05) is 24.5 Å². The maximum absolute atomic E-state index is 13.3. The molecule has 0 aliphatic carbocycles. The summed E-state index contributed by atoms with van der Waals surface area (Å²) in [6, 6.07) is 17.0. The number of aromatic nitrogens is 1. The van der Waals surface area contributed by atoms with Crippen molar-refractivity contribution in [3.05, 3.63) is 95.3 Å². The van der Waals surface area contributed by atoms with Crippen molar-refractivity contribution in [2.45, 2.75) is 39.3 Å². The number of likely N-dealkylation sites (tertiary alicyclic amines) is 1. The average Bonchev–Trinajstić information content (AvgIpc) is 3.16. The van der Waals surface area contributed by atoms with Gasteiger partial charge in [-0.3, -0.25) is 14.6 Å². The molecule has 1 amide bonds. The minimum atomic E-state index is -0.778. The third kappa shape index (κ3) is 5.40. The van der Waals surface area contributed by atoms with Crippen molar-refractivity contribution in [1.29, 1.82) is 0 Å². The van der Waals surface area contributed by atoms with E-state index >= 15 is 0 Å². The Morgan fingerprint density at radius 1 is 0.917 bits per heavy atom. The number of carbonyl (C=O) groups excluding carboxylic acids is 2. The highest BCUT2D eigenvalue weighted by Gasteiger charge is 2.46. The van der Waals surface area contributed by atoms with Crippen LogP contribution >= 0.6 is 0 Å². The van der Waals surface area contributed by atoms with Crippen molar-refractivity contribution in [1.82, 2.24) is 9.88 Å². The highest BCUT2D eigenvalue weighted by molar-refractivity contribution is 6.46. The van der Waals surface area contributed by atoms with E-state index in [-0.39, 0.29) is 17.9 Å². The zero-order valence-corrected chi connectivity index (χ0v) is 20.5. The van der Waals surface area contributed by atoms with Gasteiger partial charge in [0.2, 0.25) is 0 Å². The number of ketones is 1. The highest BCUT2D eigenvalue weighted by atomic mass is 16.5. The molecule has 1 aliphatic heterocycles. The van der Waals surface area contributed by atoms with Gasteiger partial charge in [-0.25, -0.2) is 0 Å². The van der Waals surface area contributed by atoms with Gasteiger partial charge in [-0.05, 0) is 72.5 Å². The standard InChI is InChI=1S/C29H30N2O5/c1-3-16-35-23-10-8-21(9-11-23)27(32)25-26(22-6-5-7-24(18-22)36-17-4-2)31(29(34)28(25)33)19-20-12-14-30-15-13-20/h5-15,18,26,32H,3-4,16-17,19H2,1-2H3/b27-25+. The van der Waals surface area contributed by atoms with Crippen LogP contribution in [0.5, 0.6) is 11.5 Å². The van der Waals surface area contributed by atoms with E-state index < -0.39 is 17.7 Å². The molecule has 3 aromatic rings. The predicted molar refractivity (Wildman–Crippen MR) is 137 cm³/mol. The molecule has 1 saturated heterocycles. The fraction of sp³-hybridized carbons (Fsp3) is 0.276. The number of nitrogens with zero attached hydrogens (tertiary/aromatic N) is 2. The molecule has 1 aromatic heterocycles. The summed E-state index contributed by atoms with van der Waals surface area (Å²) in [4.78, 5) is 32.0. The van der Waals surface area contributed by atoms with Crippen LogP contribution in [0.15, 0.2) is 78.6 Å². The van der Waals surface area contributed by atoms with E-state index in [0.717, 1.165) is 18.4 Å². The van der Waals surface area contributed by atoms with E-state index in [4.69, 9.17) is 9.47 Å². The molecule has 1 N–H and O–H groups in total. The molecule has 36 heavy (non-hydrogen) atoms. The van der Waals surface area contributed by atoms with Gasteiger partial charge in [0.1, 0.15) is 17.3 Å². The molecular weight excluding hydrogens is 456 g/mol. The molecule has 1 unspecified atom stereocenters. The Balaban J connectivity index is 1.78. The molecule has 1 fully saturated rings. The third-order valence-corrected chi connectivity index (χ3v) is 5.89. The first-order valence-electron chi connectivity index (χ1n) is 12.2. The van der Waals surface area contributed by atoms with E-state index in [9.17, 15) is 14.7 Å². The van der Waals surface area contributed by atoms with Crippen LogP contribution in [0.2, 0.25) is 0 Å². The predicted octanol–water partition coefficient (Wildman–Crippen LogP) is 5.28. The van der Waals surface area contributed by atoms with Crippen molar-refractivity contribution < 1.29 is 24.2 Å². The van der Waals surface area contributed by atoms with Crippen LogP contribution in [0.25, 0.3) is 5.76 Å². The Kier molecular flexibility index (Phi) is 8.00. The largest absolute Gasteiger partial charge is 0.507 e. The zero-order valence-electron chi connectivity index (χ0n) is 20.5. The Labute approximate surface area is 211 Å². The van der Waals surface area contributed by atoms with E-state index in [2.05, 4.69) is 4.98 Å². The van der Waals surface area contributed by atoms with Gasteiger partial charge in [0.25, 0.3) is 11.7 Å². The van der Waals surface area contributed by atoms with Crippen molar-refractivity contribution in [2.24, 2.45) is 0 Å². The SMILES string of the molecule is CCCOc1ccc(/C(O)=C2\C(=O)C(=O)N(Cc3ccncc3)C2c2cccc(OCCC)c2)cc1. The van der Waals surface area contributed by atoms with Gasteiger partial charge in [-0.2, -0.15) is 0 Å². The summed E-state index contributed by atoms with van der Waals surface area (Å²) >= 11 is 0. The summed E-state index contributed by atoms with van der Waals surface area (Å²) in [5, 5.41) is 11.3. The van der Waals surface area contributed by atoms with Crippen molar-refractivity contribution in [3.8, 4) is 11.5 Å². The number of benzene rings is 2. The topological polar surface area (TPSA) is 89.0 Å². The van der Waals surface area contributed by atoms with Gasteiger partial charge in [0.15, 0.2) is 0 Å². The summed E-state index contributed by atoms with van der Waals surface area (Å²) in [5.74, 6) is -0.304. The summed E-state index contributed by atoms with van der Waals surface area (Å²) < 4.78 is 11.4. The molecule has 7 nitrogen and oxygen atoms in total. The fourth-order valence-electron chi connectivity index (χ4n) is 4.15. The van der Waals surface area contributed by atoms with Crippen LogP contribution in [0, 0.1) is 0 Å². The van der Waals surface area contributed by atoms with Crippen LogP contribution in [-0.2, 0) is 16.1 Å². The quantitative estimate of drug-likeness (QED) is 0.238. The Hall–Kier alpha value is -4.13. The van der Waals surface area contributed by atoms with Crippen molar-refractivity contribution in [3.63, 3.8) is 0 Å². The number of aliphatic hydroxyl groups excluding tert-OH is 1. The maximum Gasteiger partial charge on any atom is 0.295 e. The second-order valence-corrected chi connectivity index (χ2v) is 8.58. The lowest BCUT2D eigenvalue weighted by atomic mass is 9.95. The average molecular weight is 487 g/mol. The Morgan fingerprint density at radius 2 is 1.58 bits per heavy atom. The number of carbonyl (C=O) groups is 2. The Bertz CT molecular complexity index is 1240. The number of rotatable bonds is 10. The summed E-state index contributed by atoms with van der Waals surface area (Å²) in [5.41, 5.74) is 1.99. The molecule has 0 spiro atoms. The Morgan fingerprint density at radius 3 is 2.25 bits per heavy atom. The van der Waals surface area contributed by atoms with Gasteiger partial charge in [0.05, 0.1) is 24.8 Å². The molecule has 1 aliphatic rings. The number of Topliss-reactive ketones (excluding diaryl/α,β-unsaturated/α-hetero) is 1. The molecule has 0 saturated carbocycles. The van der Waals surface area contributed by atoms with Crippen LogP contribution < -0.4 is 9.47 Å². The summed E-state index contributed by atoms with van der Waals surface area (Å²) in [6.45, 7) is 5.37. The molecule has 0 radical (unpaired) electrons. The minimum Gasteiger partial charge on any atom is -0.507 e. The maximum atomic E-state index is 13.3. The molecule has 186 valence electrons. The lowest BCUT2D eigenvalue weighted by Crippen LogP contribution is -2.29. The number of amides is 1. The first kappa shape index (κ1) is 25.0. The molecule has 2 aromatic carbocycles. The molecule has 7 heteroatoms. The smallest absolute Gasteiger partial charge is 0.295 e. The second kappa shape index (κ2) is 11.5. The molecule has 2 heterocycles. The molecule has 0 bridgehead atoms. The lowest BCUT2D eigenvalue weighted by Gasteiger charge is -2.25. The van der Waals surface area contributed by atoms with E-state index in [1.54, 1.807) is 48.8 Å². The normalized spacial score (nSPS) is 16.8. The molecule has 1 atom stereocenters. The minimum absolute atomic E-state index is 0.0453. The van der Waals surface area contributed by atoms with E-state index in [1.165, 1.54) is 4.90 Å². The van der Waals surface area contributed by atoms with Crippen molar-refractivity contribution in [2.75, 3.05) is 13.2 Å². The lowest BCUT2D eigenvalue weighted by molar-refractivity contribution is -0.140. The van der Waals surface area contributed by atoms with Crippen LogP contribution in [0.3, 0.4) is 0 Å². The van der Waals surface area contributed by atoms with Crippen LogP contribution in [0.4, 0.5) is 0 Å². The number of pyridine rings is 1. The summed E-state index contributed by atoms with van der Waals surface area (Å²) in [7, 11) is 0. The van der Waals surface area contributed by atoms with E-state index in [1.807, 2.05) is 38.1 Å². The van der Waals surface area contributed by atoms with Gasteiger partial charge >= 0.3 is 0 Å². The van der Waals surface area contributed by atoms with Crippen LogP contribution in [-0.4, -0.2) is 39.9 Å². The monoisotopic (exact) mass is 486 g/mol. The number of aliphatic hydroxyl groups is 1. The van der Waals surface area contributed by atoms with Crippen molar-refractivity contribution >= 4 is 17.4 Å². The van der Waals surface area contributed by atoms with Gasteiger partial charge in [-0.15, -0.1) is 0 Å². The van der Waals surface area contributed by atoms with E-state index in [0.29, 0.717) is 35.8 Å². The first-order valence-corrected chi connectivity index (χ1v) is 12.2. The zero-order chi connectivity index (χ0) is 25.5. The second-order valence-electron chi connectivity index (χ2n) is 8.58. The first-order chi connectivity index (χ1) is 17.5. The number of hydrogen-bond donors (Lipinski definition) is 1. The highest BCUT2D eigenvalue weighted by Crippen LogP contribution is 2.41. The number of hydrogen-bond acceptors (Lipinski definition) is 6. The van der Waals surface area contributed by atoms with Gasteiger partial charge in [-0.1, -0.05) is 26.0 Å². The third-order valence-electron chi connectivity index (χ3n) is 5.89. The van der Waals surface area contributed by atoms with Crippen LogP contribution in [0.1, 0.15) is 49.4 Å².